The van der Waals surface area contributed by atoms with Crippen molar-refractivity contribution in [2.45, 2.75) is 45.1 Å². The van der Waals surface area contributed by atoms with Crippen LogP contribution in [0.25, 0.3) is 0 Å². The van der Waals surface area contributed by atoms with Crippen LogP contribution in [-0.2, 0) is 4.74 Å². The lowest BCUT2D eigenvalue weighted by Gasteiger charge is -2.34. The summed E-state index contributed by atoms with van der Waals surface area (Å²) in [5.74, 6) is 0.380. The Balaban J connectivity index is 1.99. The van der Waals surface area contributed by atoms with Gasteiger partial charge in [-0.3, -0.25) is 0 Å². The molecule has 0 aliphatic carbocycles. The number of piperidine rings is 1. The van der Waals surface area contributed by atoms with Crippen LogP contribution in [0.5, 0.6) is 0 Å². The molecule has 0 spiro atoms. The molecule has 0 bridgehead atoms. The Morgan fingerprint density at radius 3 is 2.55 bits per heavy atom. The zero-order valence-electron chi connectivity index (χ0n) is 14.0. The van der Waals surface area contributed by atoms with Crippen molar-refractivity contribution < 1.29 is 9.53 Å². The average Bonchev–Trinajstić information content (AvgIpc) is 2.47. The fourth-order valence-electron chi connectivity index (χ4n) is 2.72. The first kappa shape index (κ1) is 16.6. The summed E-state index contributed by atoms with van der Waals surface area (Å²) in [7, 11) is 1.84. The summed E-state index contributed by atoms with van der Waals surface area (Å²) in [6, 6.07) is 8.36. The average molecular weight is 305 g/mol. The van der Waals surface area contributed by atoms with Gasteiger partial charge in [0, 0.05) is 31.7 Å². The molecule has 1 fully saturated rings. The summed E-state index contributed by atoms with van der Waals surface area (Å²) >= 11 is 0. The summed E-state index contributed by atoms with van der Waals surface area (Å²) < 4.78 is 5.48. The van der Waals surface area contributed by atoms with Gasteiger partial charge in [0.05, 0.1) is 0 Å². The molecule has 122 valence electrons. The number of hydrogen-bond acceptors (Lipinski definition) is 4. The molecular formula is C17H27N3O2. The van der Waals surface area contributed by atoms with Gasteiger partial charge in [0.2, 0.25) is 0 Å². The number of rotatable bonds is 3. The number of amides is 1. The molecule has 0 aromatic heterocycles. The second-order valence-electron chi connectivity index (χ2n) is 6.76. The third-order valence-corrected chi connectivity index (χ3v) is 3.72. The normalized spacial score (nSPS) is 18.9. The largest absolute Gasteiger partial charge is 0.444 e. The van der Waals surface area contributed by atoms with E-state index in [9.17, 15) is 4.79 Å². The van der Waals surface area contributed by atoms with E-state index in [1.807, 2.05) is 32.7 Å². The fraction of sp³-hybridized carbons (Fsp3) is 0.588. The third-order valence-electron chi connectivity index (χ3n) is 3.72. The monoisotopic (exact) mass is 305 g/mol. The van der Waals surface area contributed by atoms with E-state index >= 15 is 0 Å². The summed E-state index contributed by atoms with van der Waals surface area (Å²) in [6.07, 6.45) is 1.92. The molecule has 1 atom stereocenters. The quantitative estimate of drug-likeness (QED) is 0.841. The molecule has 0 saturated carbocycles. The van der Waals surface area contributed by atoms with Gasteiger partial charge in [-0.15, -0.1) is 0 Å². The van der Waals surface area contributed by atoms with Crippen molar-refractivity contribution in [1.82, 2.24) is 10.3 Å². The molecule has 1 aromatic carbocycles. The van der Waals surface area contributed by atoms with Crippen LogP contribution in [0.3, 0.4) is 0 Å². The lowest BCUT2D eigenvalue weighted by Crippen LogP contribution is -2.42. The van der Waals surface area contributed by atoms with Gasteiger partial charge in [-0.25, -0.2) is 10.2 Å². The van der Waals surface area contributed by atoms with Gasteiger partial charge < -0.3 is 15.1 Å². The molecule has 2 N–H and O–H groups in total. The number of carbonyl (C=O) groups is 1. The molecule has 1 aliphatic rings. The lowest BCUT2D eigenvalue weighted by atomic mass is 9.91. The van der Waals surface area contributed by atoms with Crippen molar-refractivity contribution in [3.8, 4) is 0 Å². The van der Waals surface area contributed by atoms with E-state index < -0.39 is 5.60 Å². The Labute approximate surface area is 133 Å². The van der Waals surface area contributed by atoms with Gasteiger partial charge in [0.15, 0.2) is 0 Å². The van der Waals surface area contributed by atoms with E-state index in [0.717, 1.165) is 31.6 Å². The highest BCUT2D eigenvalue weighted by Crippen LogP contribution is 2.28. The molecule has 1 amide bonds. The van der Waals surface area contributed by atoms with E-state index in [0.29, 0.717) is 5.92 Å². The Hall–Kier alpha value is -1.75. The Bertz CT molecular complexity index is 494. The van der Waals surface area contributed by atoms with Crippen LogP contribution in [0.15, 0.2) is 24.3 Å². The molecule has 5 nitrogen and oxygen atoms in total. The van der Waals surface area contributed by atoms with Crippen LogP contribution in [0.4, 0.5) is 10.5 Å². The number of likely N-dealkylation sites (tertiary alicyclic amines) is 1. The van der Waals surface area contributed by atoms with E-state index in [1.165, 1.54) is 5.56 Å². The van der Waals surface area contributed by atoms with Crippen LogP contribution < -0.4 is 10.9 Å². The maximum atomic E-state index is 12.2. The van der Waals surface area contributed by atoms with E-state index in [1.54, 1.807) is 0 Å². The van der Waals surface area contributed by atoms with Crippen LogP contribution in [0.1, 0.15) is 45.1 Å². The molecule has 1 unspecified atom stereocenters. The predicted octanol–water partition coefficient (Wildman–Crippen LogP) is 3.35. The highest BCUT2D eigenvalue weighted by Gasteiger charge is 2.28. The van der Waals surface area contributed by atoms with Gasteiger partial charge >= 0.3 is 6.09 Å². The molecule has 22 heavy (non-hydrogen) atoms. The molecule has 1 saturated heterocycles. The van der Waals surface area contributed by atoms with Gasteiger partial charge in [0.1, 0.15) is 5.60 Å². The number of benzene rings is 1. The van der Waals surface area contributed by atoms with Crippen LogP contribution in [-0.4, -0.2) is 36.7 Å². The SMILES string of the molecule is CNNc1ccc(C2CCCN(C(=O)OC(C)(C)C)C2)cc1. The maximum Gasteiger partial charge on any atom is 0.410 e. The minimum Gasteiger partial charge on any atom is -0.444 e. The van der Waals surface area contributed by atoms with Crippen molar-refractivity contribution in [2.75, 3.05) is 25.6 Å². The Kier molecular flexibility index (Phi) is 5.29. The number of hydrazine groups is 1. The van der Waals surface area contributed by atoms with E-state index in [4.69, 9.17) is 4.74 Å². The fourth-order valence-corrected chi connectivity index (χ4v) is 2.72. The van der Waals surface area contributed by atoms with E-state index in [-0.39, 0.29) is 6.09 Å². The highest BCUT2D eigenvalue weighted by molar-refractivity contribution is 5.68. The molecule has 1 aliphatic heterocycles. The highest BCUT2D eigenvalue weighted by atomic mass is 16.6. The smallest absolute Gasteiger partial charge is 0.410 e. The van der Waals surface area contributed by atoms with Crippen molar-refractivity contribution in [3.05, 3.63) is 29.8 Å². The summed E-state index contributed by atoms with van der Waals surface area (Å²) in [6.45, 7) is 7.22. The van der Waals surface area contributed by atoms with Crippen LogP contribution >= 0.6 is 0 Å². The summed E-state index contributed by atoms with van der Waals surface area (Å²) in [4.78, 5) is 14.0. The number of anilines is 1. The number of ether oxygens (including phenoxy) is 1. The standard InChI is InChI=1S/C17H27N3O2/c1-17(2,3)22-16(21)20-11-5-6-14(12-20)13-7-9-15(10-8-13)19-18-4/h7-10,14,18-19H,5-6,11-12H2,1-4H3. The second-order valence-corrected chi connectivity index (χ2v) is 6.76. The van der Waals surface area contributed by atoms with Gasteiger partial charge in [-0.05, 0) is 51.3 Å². The maximum absolute atomic E-state index is 12.2. The third kappa shape index (κ3) is 4.63. The molecule has 2 rings (SSSR count). The molecular weight excluding hydrogens is 278 g/mol. The van der Waals surface area contributed by atoms with Crippen LogP contribution in [0, 0.1) is 0 Å². The summed E-state index contributed by atoms with van der Waals surface area (Å²) in [5, 5.41) is 0. The first-order chi connectivity index (χ1) is 10.4. The topological polar surface area (TPSA) is 53.6 Å². The van der Waals surface area contributed by atoms with Crippen LogP contribution in [0.2, 0.25) is 0 Å². The van der Waals surface area contributed by atoms with Crippen molar-refractivity contribution in [2.24, 2.45) is 0 Å². The predicted molar refractivity (Wildman–Crippen MR) is 88.9 cm³/mol. The van der Waals surface area contributed by atoms with Gasteiger partial charge in [-0.1, -0.05) is 12.1 Å². The second kappa shape index (κ2) is 7.01. The minimum atomic E-state index is -0.440. The first-order valence-electron chi connectivity index (χ1n) is 7.89. The van der Waals surface area contributed by atoms with E-state index in [2.05, 4.69) is 35.1 Å². The molecule has 1 heterocycles. The van der Waals surface area contributed by atoms with Gasteiger partial charge in [0.25, 0.3) is 0 Å². The molecule has 1 aromatic rings. The van der Waals surface area contributed by atoms with Crippen molar-refractivity contribution in [1.29, 1.82) is 0 Å². The molecule has 0 radical (unpaired) electrons. The zero-order chi connectivity index (χ0) is 16.2. The van der Waals surface area contributed by atoms with Gasteiger partial charge in [-0.2, -0.15) is 0 Å². The number of carbonyl (C=O) groups excluding carboxylic acids is 1. The Morgan fingerprint density at radius 1 is 1.27 bits per heavy atom. The zero-order valence-corrected chi connectivity index (χ0v) is 14.0. The number of nitrogens with zero attached hydrogens (tertiary/aromatic N) is 1. The summed E-state index contributed by atoms with van der Waals surface area (Å²) in [5.41, 5.74) is 7.83. The molecule has 5 heteroatoms. The van der Waals surface area contributed by atoms with Crippen molar-refractivity contribution in [3.63, 3.8) is 0 Å². The number of nitrogens with one attached hydrogen (secondary N) is 2. The first-order valence-corrected chi connectivity index (χ1v) is 7.89. The van der Waals surface area contributed by atoms with Crippen molar-refractivity contribution >= 4 is 11.8 Å². The number of hydrogen-bond donors (Lipinski definition) is 2. The lowest BCUT2D eigenvalue weighted by molar-refractivity contribution is 0.0198. The minimum absolute atomic E-state index is 0.203. The Morgan fingerprint density at radius 2 is 1.95 bits per heavy atom.